The molecule has 1 aliphatic rings. The van der Waals surface area contributed by atoms with Crippen LogP contribution < -0.4 is 10.2 Å². The highest BCUT2D eigenvalue weighted by Crippen LogP contribution is 2.29. The quantitative estimate of drug-likeness (QED) is 0.336. The van der Waals surface area contributed by atoms with Crippen LogP contribution in [0.25, 0.3) is 22.1 Å². The van der Waals surface area contributed by atoms with Gasteiger partial charge in [0, 0.05) is 25.2 Å². The van der Waals surface area contributed by atoms with Gasteiger partial charge in [-0.15, -0.1) is 0 Å². The molecule has 1 aromatic carbocycles. The van der Waals surface area contributed by atoms with Crippen molar-refractivity contribution in [3.05, 3.63) is 30.0 Å². The second kappa shape index (κ2) is 8.75. The van der Waals surface area contributed by atoms with E-state index in [9.17, 15) is 4.79 Å². The third kappa shape index (κ3) is 4.07. The molecule has 1 aliphatic heterocycles. The minimum atomic E-state index is -0.138. The smallest absolute Gasteiger partial charge is 0.251 e. The van der Waals surface area contributed by atoms with Gasteiger partial charge in [0.1, 0.15) is 16.9 Å². The number of hydrogen-bond acceptors (Lipinski definition) is 9. The monoisotopic (exact) mass is 454 g/mol. The third-order valence-corrected chi connectivity index (χ3v) is 6.55. The molecule has 0 atom stereocenters. The van der Waals surface area contributed by atoms with Crippen molar-refractivity contribution in [2.45, 2.75) is 31.5 Å². The molecule has 5 rings (SSSR count). The Morgan fingerprint density at radius 2 is 2.03 bits per heavy atom. The van der Waals surface area contributed by atoms with Gasteiger partial charge in [-0.1, -0.05) is 18.7 Å². The van der Waals surface area contributed by atoms with E-state index in [-0.39, 0.29) is 5.91 Å². The zero-order chi connectivity index (χ0) is 21.2. The number of benzene rings is 1. The Morgan fingerprint density at radius 3 is 2.87 bits per heavy atom. The number of fused-ring (bicyclic) bond motifs is 2. The van der Waals surface area contributed by atoms with Crippen molar-refractivity contribution in [1.29, 1.82) is 0 Å². The Bertz CT molecular complexity index is 1230. The zero-order valence-electron chi connectivity index (χ0n) is 17.1. The van der Waals surface area contributed by atoms with Crippen LogP contribution in [0.3, 0.4) is 0 Å². The summed E-state index contributed by atoms with van der Waals surface area (Å²) in [6.07, 6.45) is 4.21. The van der Waals surface area contributed by atoms with Crippen molar-refractivity contribution in [1.82, 2.24) is 33.8 Å². The van der Waals surface area contributed by atoms with Crippen molar-refractivity contribution >= 4 is 57.3 Å². The maximum Gasteiger partial charge on any atom is 0.251 e. The molecular formula is C20H22N8OS2. The Morgan fingerprint density at radius 1 is 1.19 bits per heavy atom. The lowest BCUT2D eigenvalue weighted by Crippen LogP contribution is -2.27. The fourth-order valence-corrected chi connectivity index (χ4v) is 4.83. The zero-order valence-corrected chi connectivity index (χ0v) is 18.7. The summed E-state index contributed by atoms with van der Waals surface area (Å²) < 4.78 is 10.2. The van der Waals surface area contributed by atoms with Gasteiger partial charge in [-0.25, -0.2) is 14.6 Å². The van der Waals surface area contributed by atoms with Gasteiger partial charge in [0.25, 0.3) is 5.91 Å². The lowest BCUT2D eigenvalue weighted by Gasteiger charge is -2.17. The van der Waals surface area contributed by atoms with Crippen LogP contribution in [0.5, 0.6) is 0 Å². The lowest BCUT2D eigenvalue weighted by atomic mass is 10.2. The van der Waals surface area contributed by atoms with Crippen LogP contribution in [0.4, 0.5) is 5.82 Å². The Balaban J connectivity index is 1.33. The maximum absolute atomic E-state index is 12.5. The summed E-state index contributed by atoms with van der Waals surface area (Å²) in [5.41, 5.74) is 2.93. The van der Waals surface area contributed by atoms with Gasteiger partial charge < -0.3 is 10.2 Å². The minimum absolute atomic E-state index is 0.138. The number of nitrogens with zero attached hydrogens (tertiary/aromatic N) is 7. The van der Waals surface area contributed by atoms with E-state index in [4.69, 9.17) is 9.97 Å². The Labute approximate surface area is 187 Å². The summed E-state index contributed by atoms with van der Waals surface area (Å²) in [7, 11) is 0. The average molecular weight is 455 g/mol. The highest BCUT2D eigenvalue weighted by atomic mass is 32.2. The van der Waals surface area contributed by atoms with Crippen LogP contribution in [0, 0.1) is 0 Å². The van der Waals surface area contributed by atoms with Crippen molar-refractivity contribution in [2.75, 3.05) is 30.3 Å². The van der Waals surface area contributed by atoms with Gasteiger partial charge in [-0.05, 0) is 36.8 Å². The first-order valence-electron chi connectivity index (χ1n) is 10.3. The summed E-state index contributed by atoms with van der Waals surface area (Å²) in [4.78, 5) is 24.4. The predicted molar refractivity (Wildman–Crippen MR) is 123 cm³/mol. The fraction of sp³-hybridized carbons (Fsp3) is 0.400. The number of carbonyl (C=O) groups excluding carboxylic acids is 1. The molecular weight excluding hydrogens is 432 g/mol. The van der Waals surface area contributed by atoms with E-state index in [1.54, 1.807) is 23.9 Å². The SMILES string of the molecule is CCSc1nc(N2CCCC2)c2cnn(CCNC(=O)c3ccc4nsnc4c3)c2n1. The van der Waals surface area contributed by atoms with E-state index in [1.807, 2.05) is 16.9 Å². The summed E-state index contributed by atoms with van der Waals surface area (Å²) in [5.74, 6) is 1.74. The van der Waals surface area contributed by atoms with Gasteiger partial charge in [-0.2, -0.15) is 13.8 Å². The van der Waals surface area contributed by atoms with E-state index in [2.05, 4.69) is 31.0 Å². The Hall–Kier alpha value is -2.79. The maximum atomic E-state index is 12.5. The summed E-state index contributed by atoms with van der Waals surface area (Å²) in [6.45, 7) is 5.11. The van der Waals surface area contributed by atoms with Crippen molar-refractivity contribution < 1.29 is 4.79 Å². The molecule has 0 saturated carbocycles. The summed E-state index contributed by atoms with van der Waals surface area (Å²) >= 11 is 2.78. The normalized spacial score (nSPS) is 14.0. The molecule has 0 bridgehead atoms. The number of carbonyl (C=O) groups is 1. The second-order valence-corrected chi connectivity index (χ2v) is 9.05. The minimum Gasteiger partial charge on any atom is -0.356 e. The van der Waals surface area contributed by atoms with Gasteiger partial charge >= 0.3 is 0 Å². The van der Waals surface area contributed by atoms with Crippen LogP contribution in [-0.2, 0) is 6.54 Å². The first kappa shape index (κ1) is 20.1. The number of nitrogens with one attached hydrogen (secondary N) is 1. The molecule has 1 amide bonds. The van der Waals surface area contributed by atoms with Crippen LogP contribution in [-0.4, -0.2) is 59.8 Å². The molecule has 1 fully saturated rings. The average Bonchev–Trinajstić information content (AvgIpc) is 3.54. The molecule has 160 valence electrons. The number of rotatable bonds is 7. The first-order valence-corrected chi connectivity index (χ1v) is 12.1. The molecule has 4 heterocycles. The predicted octanol–water partition coefficient (Wildman–Crippen LogP) is 2.97. The summed E-state index contributed by atoms with van der Waals surface area (Å²) in [5, 5.41) is 9.25. The summed E-state index contributed by atoms with van der Waals surface area (Å²) in [6, 6.07) is 5.35. The number of amides is 1. The molecule has 1 saturated heterocycles. The number of aromatic nitrogens is 6. The Kier molecular flexibility index (Phi) is 5.68. The first-order chi connectivity index (χ1) is 15.2. The second-order valence-electron chi connectivity index (χ2n) is 7.29. The third-order valence-electron chi connectivity index (χ3n) is 5.26. The topological polar surface area (TPSA) is 102 Å². The molecule has 0 aliphatic carbocycles. The number of hydrogen-bond donors (Lipinski definition) is 1. The number of anilines is 1. The molecule has 0 radical (unpaired) electrons. The standard InChI is InChI=1S/C20H22N8OS2/c1-2-30-20-23-17(27-8-3-4-9-27)14-12-22-28(18(14)24-20)10-7-21-19(29)13-5-6-15-16(11-13)26-31-25-15/h5-6,11-12H,2-4,7-10H2,1H3,(H,21,29). The van der Waals surface area contributed by atoms with E-state index >= 15 is 0 Å². The van der Waals surface area contributed by atoms with Gasteiger partial charge in [0.05, 0.1) is 29.9 Å². The van der Waals surface area contributed by atoms with Gasteiger partial charge in [0.15, 0.2) is 10.8 Å². The molecule has 31 heavy (non-hydrogen) atoms. The fourth-order valence-electron chi connectivity index (χ4n) is 3.75. The largest absolute Gasteiger partial charge is 0.356 e. The molecule has 4 aromatic rings. The highest BCUT2D eigenvalue weighted by Gasteiger charge is 2.20. The molecule has 3 aromatic heterocycles. The van der Waals surface area contributed by atoms with Crippen LogP contribution in [0.15, 0.2) is 29.6 Å². The highest BCUT2D eigenvalue weighted by molar-refractivity contribution is 7.99. The van der Waals surface area contributed by atoms with E-state index < -0.39 is 0 Å². The number of thioether (sulfide) groups is 1. The molecule has 0 unspecified atom stereocenters. The van der Waals surface area contributed by atoms with Crippen molar-refractivity contribution in [3.8, 4) is 0 Å². The van der Waals surface area contributed by atoms with E-state index in [0.717, 1.165) is 63.6 Å². The molecule has 9 nitrogen and oxygen atoms in total. The van der Waals surface area contributed by atoms with Gasteiger partial charge in [0.2, 0.25) is 0 Å². The molecule has 0 spiro atoms. The lowest BCUT2D eigenvalue weighted by molar-refractivity contribution is 0.0952. The van der Waals surface area contributed by atoms with Crippen LogP contribution in [0.2, 0.25) is 0 Å². The van der Waals surface area contributed by atoms with Crippen molar-refractivity contribution in [2.24, 2.45) is 0 Å². The molecule has 11 heteroatoms. The van der Waals surface area contributed by atoms with Crippen LogP contribution >= 0.6 is 23.5 Å². The van der Waals surface area contributed by atoms with Crippen LogP contribution in [0.1, 0.15) is 30.1 Å². The van der Waals surface area contributed by atoms with Crippen molar-refractivity contribution in [3.63, 3.8) is 0 Å². The van der Waals surface area contributed by atoms with Gasteiger partial charge in [-0.3, -0.25) is 4.79 Å². The molecule has 1 N–H and O–H groups in total. The van der Waals surface area contributed by atoms with E-state index in [1.165, 1.54) is 12.8 Å². The van der Waals surface area contributed by atoms with E-state index in [0.29, 0.717) is 18.7 Å².